The Morgan fingerprint density at radius 3 is 2.50 bits per heavy atom. The van der Waals surface area contributed by atoms with Crippen LogP contribution in [0, 0.1) is 0 Å². The van der Waals surface area contributed by atoms with Crippen LogP contribution in [0.1, 0.15) is 16.8 Å². The first-order chi connectivity index (χ1) is 13.2. The van der Waals surface area contributed by atoms with Gasteiger partial charge in [-0.3, -0.25) is 14.4 Å². The molecular weight excluding hydrogens is 404 g/mol. The first kappa shape index (κ1) is 21.5. The Morgan fingerprint density at radius 1 is 1.14 bits per heavy atom. The van der Waals surface area contributed by atoms with Crippen molar-refractivity contribution >= 4 is 44.8 Å². The molecule has 0 fully saturated rings. The van der Waals surface area contributed by atoms with E-state index in [0.29, 0.717) is 0 Å². The molecule has 28 heavy (non-hydrogen) atoms. The topological polar surface area (TPSA) is 139 Å². The number of nitrogens with zero attached hydrogens (tertiary/aromatic N) is 1. The molecular formula is C17H20N4O5S2. The number of amides is 3. The van der Waals surface area contributed by atoms with Gasteiger partial charge in [-0.2, -0.15) is 4.31 Å². The van der Waals surface area contributed by atoms with E-state index < -0.39 is 34.3 Å². The standard InChI is InChI=1S/C17H20N4O5S2/c1-21(28(25,26)16-7-4-10-27-16)11-15(23)20-13-6-3-2-5-12(13)17(24)19-9-8-14(18)22/h2-7,10H,8-9,11H2,1H3,(H2,18,22)(H,19,24)(H,20,23). The zero-order valence-electron chi connectivity index (χ0n) is 15.0. The van der Waals surface area contributed by atoms with Crippen LogP contribution in [-0.4, -0.2) is 50.6 Å². The number of anilines is 1. The molecule has 150 valence electrons. The third-order valence-electron chi connectivity index (χ3n) is 3.63. The molecule has 0 unspecified atom stereocenters. The molecule has 11 heteroatoms. The summed E-state index contributed by atoms with van der Waals surface area (Å²) in [6, 6.07) is 9.34. The lowest BCUT2D eigenvalue weighted by Gasteiger charge is -2.16. The van der Waals surface area contributed by atoms with Gasteiger partial charge in [-0.05, 0) is 23.6 Å². The largest absolute Gasteiger partial charge is 0.370 e. The minimum atomic E-state index is -3.76. The molecule has 1 heterocycles. The minimum Gasteiger partial charge on any atom is -0.370 e. The fourth-order valence-electron chi connectivity index (χ4n) is 2.23. The summed E-state index contributed by atoms with van der Waals surface area (Å²) in [5, 5.41) is 6.71. The molecule has 0 aliphatic rings. The molecule has 4 N–H and O–H groups in total. The number of primary amides is 1. The van der Waals surface area contributed by atoms with Gasteiger partial charge in [0.15, 0.2) is 0 Å². The molecule has 9 nitrogen and oxygen atoms in total. The van der Waals surface area contributed by atoms with E-state index in [2.05, 4.69) is 10.6 Å². The van der Waals surface area contributed by atoms with Crippen molar-refractivity contribution in [2.24, 2.45) is 5.73 Å². The second kappa shape index (κ2) is 9.44. The third-order valence-corrected chi connectivity index (χ3v) is 6.81. The van der Waals surface area contributed by atoms with Gasteiger partial charge >= 0.3 is 0 Å². The van der Waals surface area contributed by atoms with Gasteiger partial charge in [-0.1, -0.05) is 18.2 Å². The van der Waals surface area contributed by atoms with Crippen LogP contribution in [0.4, 0.5) is 5.69 Å². The average Bonchev–Trinajstić information content (AvgIpc) is 3.17. The maximum absolute atomic E-state index is 12.4. The van der Waals surface area contributed by atoms with Gasteiger partial charge in [-0.15, -0.1) is 11.3 Å². The summed E-state index contributed by atoms with van der Waals surface area (Å²) in [6.07, 6.45) is -0.00829. The van der Waals surface area contributed by atoms with Crippen LogP contribution in [0.2, 0.25) is 0 Å². The highest BCUT2D eigenvalue weighted by Crippen LogP contribution is 2.20. The first-order valence-electron chi connectivity index (χ1n) is 8.17. The van der Waals surface area contributed by atoms with Crippen molar-refractivity contribution < 1.29 is 22.8 Å². The lowest BCUT2D eigenvalue weighted by Crippen LogP contribution is -2.35. The lowest BCUT2D eigenvalue weighted by molar-refractivity contribution is -0.118. The number of carbonyl (C=O) groups is 3. The zero-order chi connectivity index (χ0) is 20.7. The van der Waals surface area contributed by atoms with Crippen LogP contribution in [0.5, 0.6) is 0 Å². The van der Waals surface area contributed by atoms with Crippen molar-refractivity contribution in [2.75, 3.05) is 25.5 Å². The zero-order valence-corrected chi connectivity index (χ0v) is 16.7. The summed E-state index contributed by atoms with van der Waals surface area (Å²) in [7, 11) is -2.46. The number of nitrogens with one attached hydrogen (secondary N) is 2. The van der Waals surface area contributed by atoms with Gasteiger partial charge < -0.3 is 16.4 Å². The van der Waals surface area contributed by atoms with E-state index in [-0.39, 0.29) is 28.4 Å². The number of benzene rings is 1. The van der Waals surface area contributed by atoms with Crippen LogP contribution in [-0.2, 0) is 19.6 Å². The van der Waals surface area contributed by atoms with Crippen LogP contribution in [0.15, 0.2) is 46.0 Å². The van der Waals surface area contributed by atoms with Gasteiger partial charge in [0.05, 0.1) is 17.8 Å². The van der Waals surface area contributed by atoms with Crippen LogP contribution < -0.4 is 16.4 Å². The number of sulfonamides is 1. The molecule has 1 aromatic heterocycles. The van der Waals surface area contributed by atoms with Gasteiger partial charge in [0.2, 0.25) is 11.8 Å². The summed E-state index contributed by atoms with van der Waals surface area (Å²) in [4.78, 5) is 35.3. The molecule has 0 saturated heterocycles. The summed E-state index contributed by atoms with van der Waals surface area (Å²) in [5.74, 6) is -1.63. The Labute approximate surface area is 166 Å². The monoisotopic (exact) mass is 424 g/mol. The van der Waals surface area contributed by atoms with Crippen molar-refractivity contribution in [1.82, 2.24) is 9.62 Å². The van der Waals surface area contributed by atoms with E-state index in [9.17, 15) is 22.8 Å². The molecule has 0 aliphatic carbocycles. The fraction of sp³-hybridized carbons (Fsp3) is 0.235. The number of hydrogen-bond donors (Lipinski definition) is 3. The van der Waals surface area contributed by atoms with Gasteiger partial charge in [0.1, 0.15) is 4.21 Å². The summed E-state index contributed by atoms with van der Waals surface area (Å²) in [6.45, 7) is -0.351. The van der Waals surface area contributed by atoms with Gasteiger partial charge in [-0.25, -0.2) is 8.42 Å². The molecule has 0 bridgehead atoms. The Kier molecular flexibility index (Phi) is 7.26. The molecule has 2 aromatic rings. The molecule has 3 amide bonds. The van der Waals surface area contributed by atoms with Crippen LogP contribution in [0.25, 0.3) is 0 Å². The predicted octanol–water partition coefficient (Wildman–Crippen LogP) is 0.613. The number of para-hydroxylation sites is 1. The molecule has 0 spiro atoms. The highest BCUT2D eigenvalue weighted by molar-refractivity contribution is 7.91. The quantitative estimate of drug-likeness (QED) is 0.541. The minimum absolute atomic E-state index is 0.00829. The van der Waals surface area contributed by atoms with E-state index >= 15 is 0 Å². The second-order valence-corrected chi connectivity index (χ2v) is 8.98. The molecule has 0 aliphatic heterocycles. The number of thiophene rings is 1. The van der Waals surface area contributed by atoms with Crippen molar-refractivity contribution in [3.8, 4) is 0 Å². The number of hydrogen-bond acceptors (Lipinski definition) is 6. The third kappa shape index (κ3) is 5.62. The van der Waals surface area contributed by atoms with E-state index in [1.807, 2.05) is 0 Å². The maximum Gasteiger partial charge on any atom is 0.253 e. The van der Waals surface area contributed by atoms with Crippen molar-refractivity contribution in [2.45, 2.75) is 10.6 Å². The number of nitrogens with two attached hydrogens (primary N) is 1. The van der Waals surface area contributed by atoms with E-state index in [1.54, 1.807) is 23.6 Å². The molecule has 0 saturated carbocycles. The van der Waals surface area contributed by atoms with Crippen LogP contribution >= 0.6 is 11.3 Å². The number of likely N-dealkylation sites (N-methyl/N-ethyl adjacent to an activating group) is 1. The second-order valence-electron chi connectivity index (χ2n) is 5.76. The van der Waals surface area contributed by atoms with Crippen molar-refractivity contribution in [3.05, 3.63) is 47.3 Å². The first-order valence-corrected chi connectivity index (χ1v) is 10.5. The normalized spacial score (nSPS) is 11.2. The summed E-state index contributed by atoms with van der Waals surface area (Å²) in [5.41, 5.74) is 5.44. The SMILES string of the molecule is CN(CC(=O)Nc1ccccc1C(=O)NCCC(N)=O)S(=O)(=O)c1cccs1. The van der Waals surface area contributed by atoms with E-state index in [0.717, 1.165) is 15.6 Å². The molecule has 1 aromatic carbocycles. The van der Waals surface area contributed by atoms with Crippen molar-refractivity contribution in [1.29, 1.82) is 0 Å². The highest BCUT2D eigenvalue weighted by atomic mass is 32.2. The van der Waals surface area contributed by atoms with Gasteiger partial charge in [0.25, 0.3) is 15.9 Å². The van der Waals surface area contributed by atoms with E-state index in [1.165, 1.54) is 25.2 Å². The fourth-order valence-corrected chi connectivity index (χ4v) is 4.55. The number of rotatable bonds is 9. The highest BCUT2D eigenvalue weighted by Gasteiger charge is 2.24. The maximum atomic E-state index is 12.4. The number of carbonyl (C=O) groups excluding carboxylic acids is 3. The Hall–Kier alpha value is -2.76. The molecule has 2 rings (SSSR count). The summed E-state index contributed by atoms with van der Waals surface area (Å²) >= 11 is 1.06. The Bertz CT molecular complexity index is 958. The lowest BCUT2D eigenvalue weighted by atomic mass is 10.1. The predicted molar refractivity (Wildman–Crippen MR) is 105 cm³/mol. The molecule has 0 atom stereocenters. The smallest absolute Gasteiger partial charge is 0.253 e. The van der Waals surface area contributed by atoms with E-state index in [4.69, 9.17) is 5.73 Å². The van der Waals surface area contributed by atoms with Crippen molar-refractivity contribution in [3.63, 3.8) is 0 Å². The summed E-state index contributed by atoms with van der Waals surface area (Å²) < 4.78 is 25.8. The van der Waals surface area contributed by atoms with Crippen LogP contribution in [0.3, 0.4) is 0 Å². The Morgan fingerprint density at radius 2 is 1.86 bits per heavy atom. The average molecular weight is 425 g/mol. The van der Waals surface area contributed by atoms with Gasteiger partial charge in [0, 0.05) is 20.0 Å². The Balaban J connectivity index is 2.04. The molecule has 0 radical (unpaired) electrons.